The second-order valence-corrected chi connectivity index (χ2v) is 9.05. The molecular formula is C11H20N2OSi. The summed E-state index contributed by atoms with van der Waals surface area (Å²) in [5.74, 6) is 0.801. The molecule has 0 heterocycles. The van der Waals surface area contributed by atoms with Gasteiger partial charge in [-0.2, -0.15) is 0 Å². The summed E-state index contributed by atoms with van der Waals surface area (Å²) in [5, 5.41) is 0. The highest BCUT2D eigenvalue weighted by Gasteiger charge is 2.17. The Labute approximate surface area is 92.6 Å². The zero-order valence-corrected chi connectivity index (χ0v) is 10.7. The highest BCUT2D eigenvalue weighted by Crippen LogP contribution is 2.25. The molecule has 4 heteroatoms. The van der Waals surface area contributed by atoms with E-state index in [-0.39, 0.29) is 0 Å². The predicted octanol–water partition coefficient (Wildman–Crippen LogP) is 1.98. The van der Waals surface area contributed by atoms with Crippen LogP contribution in [0.2, 0.25) is 19.6 Å². The fourth-order valence-electron chi connectivity index (χ4n) is 1.34. The third-order valence-corrected chi connectivity index (χ3v) is 2.76. The first kappa shape index (κ1) is 12.1. The number of nitrogens with two attached hydrogens (primary N) is 2. The molecule has 0 bridgehead atoms. The molecule has 0 unspecified atom stereocenters. The van der Waals surface area contributed by atoms with Crippen LogP contribution in [0.15, 0.2) is 18.2 Å². The van der Waals surface area contributed by atoms with Crippen LogP contribution in [-0.2, 0) is 6.42 Å². The van der Waals surface area contributed by atoms with E-state index in [1.165, 1.54) is 0 Å². The summed E-state index contributed by atoms with van der Waals surface area (Å²) >= 11 is 0. The SMILES string of the molecule is C[Si](C)(C)Oc1ccc(CCN)cc1N. The van der Waals surface area contributed by atoms with E-state index < -0.39 is 8.32 Å². The number of rotatable bonds is 4. The molecule has 0 aliphatic carbocycles. The molecule has 0 saturated heterocycles. The summed E-state index contributed by atoms with van der Waals surface area (Å²) in [7, 11) is -1.57. The van der Waals surface area contributed by atoms with Crippen molar-refractivity contribution in [1.82, 2.24) is 0 Å². The van der Waals surface area contributed by atoms with E-state index in [1.807, 2.05) is 18.2 Å². The van der Waals surface area contributed by atoms with Gasteiger partial charge in [0.15, 0.2) is 0 Å². The van der Waals surface area contributed by atoms with Gasteiger partial charge in [-0.05, 0) is 50.3 Å². The molecule has 1 aromatic rings. The molecule has 0 amide bonds. The van der Waals surface area contributed by atoms with E-state index in [2.05, 4.69) is 19.6 Å². The van der Waals surface area contributed by atoms with E-state index in [0.29, 0.717) is 12.2 Å². The third kappa shape index (κ3) is 3.93. The van der Waals surface area contributed by atoms with Crippen molar-refractivity contribution in [3.63, 3.8) is 0 Å². The lowest BCUT2D eigenvalue weighted by molar-refractivity contribution is 0.560. The Hall–Kier alpha value is -1.00. The van der Waals surface area contributed by atoms with Gasteiger partial charge < -0.3 is 15.9 Å². The third-order valence-electron chi connectivity index (χ3n) is 1.92. The second kappa shape index (κ2) is 4.68. The summed E-state index contributed by atoms with van der Waals surface area (Å²) in [4.78, 5) is 0. The molecule has 1 rings (SSSR count). The van der Waals surface area contributed by atoms with E-state index >= 15 is 0 Å². The maximum atomic E-state index is 5.92. The van der Waals surface area contributed by atoms with Crippen molar-refractivity contribution >= 4 is 14.0 Å². The van der Waals surface area contributed by atoms with Gasteiger partial charge in [-0.25, -0.2) is 0 Å². The lowest BCUT2D eigenvalue weighted by Gasteiger charge is -2.20. The first-order chi connectivity index (χ1) is 6.92. The molecule has 84 valence electrons. The summed E-state index contributed by atoms with van der Waals surface area (Å²) in [5.41, 5.74) is 13.3. The standard InChI is InChI=1S/C11H20N2OSi/c1-15(2,3)14-11-5-4-9(6-7-12)8-10(11)13/h4-5,8H,6-7,12-13H2,1-3H3. The molecule has 1 aromatic carbocycles. The maximum absolute atomic E-state index is 5.92. The Morgan fingerprint density at radius 1 is 1.27 bits per heavy atom. The molecule has 3 nitrogen and oxygen atoms in total. The molecule has 0 saturated carbocycles. The fraction of sp³-hybridized carbons (Fsp3) is 0.455. The van der Waals surface area contributed by atoms with Gasteiger partial charge in [0.1, 0.15) is 5.75 Å². The molecular weight excluding hydrogens is 204 g/mol. The molecule has 0 aromatic heterocycles. The number of hydrogen-bond donors (Lipinski definition) is 2. The quantitative estimate of drug-likeness (QED) is 0.607. The molecule has 15 heavy (non-hydrogen) atoms. The molecule has 4 N–H and O–H groups in total. The largest absolute Gasteiger partial charge is 0.543 e. The van der Waals surface area contributed by atoms with E-state index in [0.717, 1.165) is 17.7 Å². The highest BCUT2D eigenvalue weighted by atomic mass is 28.4. The number of nitrogen functional groups attached to an aromatic ring is 1. The van der Waals surface area contributed by atoms with Crippen LogP contribution in [0.3, 0.4) is 0 Å². The Kier molecular flexibility index (Phi) is 3.76. The van der Waals surface area contributed by atoms with Crippen LogP contribution in [0.5, 0.6) is 5.75 Å². The highest BCUT2D eigenvalue weighted by molar-refractivity contribution is 6.70. The molecule has 0 aliphatic heterocycles. The van der Waals surface area contributed by atoms with Crippen LogP contribution in [0.4, 0.5) is 5.69 Å². The van der Waals surface area contributed by atoms with E-state index in [4.69, 9.17) is 15.9 Å². The van der Waals surface area contributed by atoms with Gasteiger partial charge in [0, 0.05) is 0 Å². The van der Waals surface area contributed by atoms with Gasteiger partial charge >= 0.3 is 0 Å². The molecule has 0 spiro atoms. The van der Waals surface area contributed by atoms with Crippen molar-refractivity contribution < 1.29 is 4.43 Å². The second-order valence-electron chi connectivity index (χ2n) is 4.63. The molecule has 0 radical (unpaired) electrons. The van der Waals surface area contributed by atoms with Gasteiger partial charge in [0.2, 0.25) is 8.32 Å². The summed E-state index contributed by atoms with van der Waals surface area (Å²) in [6, 6.07) is 5.92. The Morgan fingerprint density at radius 2 is 1.93 bits per heavy atom. The van der Waals surface area contributed by atoms with Crippen LogP contribution >= 0.6 is 0 Å². The summed E-state index contributed by atoms with van der Waals surface area (Å²) < 4.78 is 5.85. The average molecular weight is 224 g/mol. The minimum absolute atomic E-state index is 0.646. The number of benzene rings is 1. The van der Waals surface area contributed by atoms with Crippen LogP contribution in [0, 0.1) is 0 Å². The zero-order valence-electron chi connectivity index (χ0n) is 9.71. The first-order valence-corrected chi connectivity index (χ1v) is 8.61. The zero-order chi connectivity index (χ0) is 11.5. The van der Waals surface area contributed by atoms with Crippen LogP contribution in [0.25, 0.3) is 0 Å². The van der Waals surface area contributed by atoms with Crippen molar-refractivity contribution in [2.75, 3.05) is 12.3 Å². The molecule has 0 aliphatic rings. The van der Waals surface area contributed by atoms with Gasteiger partial charge in [0.25, 0.3) is 0 Å². The first-order valence-electron chi connectivity index (χ1n) is 5.20. The monoisotopic (exact) mass is 224 g/mol. The van der Waals surface area contributed by atoms with Crippen molar-refractivity contribution in [2.45, 2.75) is 26.1 Å². The normalized spacial score (nSPS) is 11.5. The fourth-order valence-corrected chi connectivity index (χ4v) is 2.19. The minimum atomic E-state index is -1.57. The topological polar surface area (TPSA) is 61.3 Å². The minimum Gasteiger partial charge on any atom is -0.543 e. The van der Waals surface area contributed by atoms with Crippen LogP contribution in [-0.4, -0.2) is 14.9 Å². The molecule has 0 fully saturated rings. The van der Waals surface area contributed by atoms with E-state index in [1.54, 1.807) is 0 Å². The van der Waals surface area contributed by atoms with E-state index in [9.17, 15) is 0 Å². The maximum Gasteiger partial charge on any atom is 0.242 e. The molecule has 0 atom stereocenters. The predicted molar refractivity (Wildman–Crippen MR) is 67.6 cm³/mol. The Morgan fingerprint density at radius 3 is 2.40 bits per heavy atom. The van der Waals surface area contributed by atoms with Crippen LogP contribution < -0.4 is 15.9 Å². The van der Waals surface area contributed by atoms with Crippen molar-refractivity contribution in [2.24, 2.45) is 5.73 Å². The van der Waals surface area contributed by atoms with Gasteiger partial charge in [-0.3, -0.25) is 0 Å². The van der Waals surface area contributed by atoms with Crippen molar-refractivity contribution in [3.05, 3.63) is 23.8 Å². The van der Waals surface area contributed by atoms with Crippen molar-refractivity contribution in [1.29, 1.82) is 0 Å². The van der Waals surface area contributed by atoms with Gasteiger partial charge in [-0.15, -0.1) is 0 Å². The number of anilines is 1. The average Bonchev–Trinajstić information content (AvgIpc) is 2.08. The van der Waals surface area contributed by atoms with Crippen LogP contribution in [0.1, 0.15) is 5.56 Å². The lowest BCUT2D eigenvalue weighted by atomic mass is 10.1. The van der Waals surface area contributed by atoms with Gasteiger partial charge in [0.05, 0.1) is 5.69 Å². The summed E-state index contributed by atoms with van der Waals surface area (Å²) in [6.45, 7) is 7.06. The summed E-state index contributed by atoms with van der Waals surface area (Å²) in [6.07, 6.45) is 0.859. The van der Waals surface area contributed by atoms with Crippen molar-refractivity contribution in [3.8, 4) is 5.75 Å². The lowest BCUT2D eigenvalue weighted by Crippen LogP contribution is -2.29. The Bertz CT molecular complexity index is 334. The van der Waals surface area contributed by atoms with Gasteiger partial charge in [-0.1, -0.05) is 6.07 Å². The Balaban J connectivity index is 2.84. The number of hydrogen-bond acceptors (Lipinski definition) is 3. The smallest absolute Gasteiger partial charge is 0.242 e.